The fourth-order valence-corrected chi connectivity index (χ4v) is 3.11. The molecule has 0 aliphatic carbocycles. The number of ether oxygens (including phenoxy) is 4. The molecule has 2 atom stereocenters. The molecule has 1 aromatic rings. The number of allylic oxidation sites excluding steroid dienone is 1. The summed E-state index contributed by atoms with van der Waals surface area (Å²) in [5.41, 5.74) is 1.49. The normalized spacial score (nSPS) is 25.0. The number of hydrogen-bond acceptors (Lipinski definition) is 4. The van der Waals surface area contributed by atoms with E-state index in [2.05, 4.69) is 26.8 Å². The predicted molar refractivity (Wildman–Crippen MR) is 93.9 cm³/mol. The molecule has 2 heterocycles. The van der Waals surface area contributed by atoms with E-state index >= 15 is 0 Å². The SMILES string of the molecule is CCCCC1(C)OC1CCC(C)=CCOc1ccc2c(c1)OCO2. The molecule has 1 fully saturated rings. The molecule has 1 saturated heterocycles. The Morgan fingerprint density at radius 1 is 1.33 bits per heavy atom. The van der Waals surface area contributed by atoms with Gasteiger partial charge in [0.1, 0.15) is 12.4 Å². The molecule has 0 bridgehead atoms. The van der Waals surface area contributed by atoms with Gasteiger partial charge in [-0.05, 0) is 51.3 Å². The van der Waals surface area contributed by atoms with Gasteiger partial charge in [0.05, 0.1) is 11.7 Å². The minimum Gasteiger partial charge on any atom is -0.489 e. The first-order chi connectivity index (χ1) is 11.6. The summed E-state index contributed by atoms with van der Waals surface area (Å²) in [6, 6.07) is 5.67. The molecule has 2 aliphatic rings. The van der Waals surface area contributed by atoms with Crippen LogP contribution in [-0.2, 0) is 4.74 Å². The van der Waals surface area contributed by atoms with Crippen LogP contribution < -0.4 is 14.2 Å². The van der Waals surface area contributed by atoms with Crippen LogP contribution in [0.1, 0.15) is 52.9 Å². The summed E-state index contributed by atoms with van der Waals surface area (Å²) < 4.78 is 22.3. The van der Waals surface area contributed by atoms with Crippen molar-refractivity contribution in [2.24, 2.45) is 0 Å². The van der Waals surface area contributed by atoms with Gasteiger partial charge in [-0.3, -0.25) is 0 Å². The Hall–Kier alpha value is -1.68. The van der Waals surface area contributed by atoms with Crippen LogP contribution in [0, 0.1) is 0 Å². The van der Waals surface area contributed by atoms with Crippen molar-refractivity contribution in [3.8, 4) is 17.2 Å². The first-order valence-corrected chi connectivity index (χ1v) is 8.96. The zero-order chi connectivity index (χ0) is 17.0. The van der Waals surface area contributed by atoms with Gasteiger partial charge in [0, 0.05) is 6.07 Å². The molecule has 2 aliphatic heterocycles. The summed E-state index contributed by atoms with van der Waals surface area (Å²) in [5.74, 6) is 2.34. The summed E-state index contributed by atoms with van der Waals surface area (Å²) in [6.07, 6.45) is 8.43. The van der Waals surface area contributed by atoms with Crippen LogP contribution in [0.3, 0.4) is 0 Å². The molecule has 0 saturated carbocycles. The van der Waals surface area contributed by atoms with Gasteiger partial charge in [0.15, 0.2) is 11.5 Å². The molecule has 0 radical (unpaired) electrons. The Labute approximate surface area is 144 Å². The molecule has 0 spiro atoms. The van der Waals surface area contributed by atoms with Crippen LogP contribution >= 0.6 is 0 Å². The second-order valence-electron chi connectivity index (χ2n) is 6.94. The molecule has 132 valence electrons. The summed E-state index contributed by atoms with van der Waals surface area (Å²) in [4.78, 5) is 0. The number of fused-ring (bicyclic) bond motifs is 1. The highest BCUT2D eigenvalue weighted by Gasteiger charge is 2.50. The third-order valence-electron chi connectivity index (χ3n) is 4.89. The maximum Gasteiger partial charge on any atom is 0.231 e. The standard InChI is InChI=1S/C20H28O4/c1-4-5-11-20(3)19(24-20)9-6-15(2)10-12-21-16-7-8-17-18(13-16)23-14-22-17/h7-8,10,13,19H,4-6,9,11-12,14H2,1-3H3. The third kappa shape index (κ3) is 4.23. The Bertz CT molecular complexity index is 595. The predicted octanol–water partition coefficient (Wildman–Crippen LogP) is 4.87. The van der Waals surface area contributed by atoms with Gasteiger partial charge in [-0.25, -0.2) is 0 Å². The zero-order valence-electron chi connectivity index (χ0n) is 15.0. The second-order valence-corrected chi connectivity index (χ2v) is 6.94. The average Bonchev–Trinajstić information content (AvgIpc) is 3.00. The smallest absolute Gasteiger partial charge is 0.231 e. The van der Waals surface area contributed by atoms with Crippen molar-refractivity contribution in [1.29, 1.82) is 0 Å². The van der Waals surface area contributed by atoms with Crippen LogP contribution in [-0.4, -0.2) is 25.1 Å². The molecule has 0 amide bonds. The fraction of sp³-hybridized carbons (Fsp3) is 0.600. The van der Waals surface area contributed by atoms with E-state index in [1.54, 1.807) is 0 Å². The monoisotopic (exact) mass is 332 g/mol. The van der Waals surface area contributed by atoms with Gasteiger partial charge < -0.3 is 18.9 Å². The molecule has 24 heavy (non-hydrogen) atoms. The summed E-state index contributed by atoms with van der Waals surface area (Å²) >= 11 is 0. The lowest BCUT2D eigenvalue weighted by Crippen LogP contribution is -2.09. The van der Waals surface area contributed by atoms with Crippen molar-refractivity contribution in [2.45, 2.75) is 64.6 Å². The van der Waals surface area contributed by atoms with Gasteiger partial charge in [0.2, 0.25) is 6.79 Å². The summed E-state index contributed by atoms with van der Waals surface area (Å²) in [7, 11) is 0. The van der Waals surface area contributed by atoms with E-state index in [-0.39, 0.29) is 12.4 Å². The highest BCUT2D eigenvalue weighted by molar-refractivity contribution is 5.46. The first-order valence-electron chi connectivity index (χ1n) is 8.96. The van der Waals surface area contributed by atoms with Gasteiger partial charge in [-0.1, -0.05) is 25.3 Å². The van der Waals surface area contributed by atoms with Crippen molar-refractivity contribution in [2.75, 3.05) is 13.4 Å². The molecular formula is C20H28O4. The zero-order valence-corrected chi connectivity index (χ0v) is 15.0. The number of hydrogen-bond donors (Lipinski definition) is 0. The topological polar surface area (TPSA) is 40.2 Å². The van der Waals surface area contributed by atoms with Gasteiger partial charge in [0.25, 0.3) is 0 Å². The van der Waals surface area contributed by atoms with Gasteiger partial charge >= 0.3 is 0 Å². The Morgan fingerprint density at radius 3 is 3.00 bits per heavy atom. The largest absolute Gasteiger partial charge is 0.489 e. The molecule has 0 N–H and O–H groups in total. The Kier molecular flexibility index (Phi) is 5.34. The summed E-state index contributed by atoms with van der Waals surface area (Å²) in [6.45, 7) is 7.50. The second kappa shape index (κ2) is 7.47. The minimum absolute atomic E-state index is 0.138. The van der Waals surface area contributed by atoms with Crippen molar-refractivity contribution in [3.63, 3.8) is 0 Å². The van der Waals surface area contributed by atoms with E-state index in [0.717, 1.165) is 30.1 Å². The van der Waals surface area contributed by atoms with Crippen molar-refractivity contribution in [1.82, 2.24) is 0 Å². The van der Waals surface area contributed by atoms with Crippen molar-refractivity contribution < 1.29 is 18.9 Å². The lowest BCUT2D eigenvalue weighted by molar-refractivity contribution is 0.174. The Balaban J connectivity index is 1.38. The molecule has 2 unspecified atom stereocenters. The maximum absolute atomic E-state index is 5.89. The number of benzene rings is 1. The van der Waals surface area contributed by atoms with E-state index in [9.17, 15) is 0 Å². The third-order valence-corrected chi connectivity index (χ3v) is 4.89. The lowest BCUT2D eigenvalue weighted by atomic mass is 9.96. The maximum atomic E-state index is 5.89. The molecule has 4 nitrogen and oxygen atoms in total. The van der Waals surface area contributed by atoms with Crippen molar-refractivity contribution in [3.05, 3.63) is 29.8 Å². The number of epoxide rings is 1. The summed E-state index contributed by atoms with van der Waals surface area (Å²) in [5, 5.41) is 0. The lowest BCUT2D eigenvalue weighted by Gasteiger charge is -2.06. The van der Waals surface area contributed by atoms with Crippen LogP contribution in [0.2, 0.25) is 0 Å². The van der Waals surface area contributed by atoms with E-state index in [1.165, 1.54) is 24.8 Å². The van der Waals surface area contributed by atoms with E-state index in [1.807, 2.05) is 18.2 Å². The molecule has 4 heteroatoms. The van der Waals surface area contributed by atoms with Gasteiger partial charge in [-0.2, -0.15) is 0 Å². The van der Waals surface area contributed by atoms with E-state index in [0.29, 0.717) is 12.7 Å². The highest BCUT2D eigenvalue weighted by atomic mass is 16.7. The minimum atomic E-state index is 0.138. The van der Waals surface area contributed by atoms with Crippen LogP contribution in [0.25, 0.3) is 0 Å². The molecule has 3 rings (SSSR count). The fourth-order valence-electron chi connectivity index (χ4n) is 3.11. The van der Waals surface area contributed by atoms with Crippen LogP contribution in [0.4, 0.5) is 0 Å². The molecular weight excluding hydrogens is 304 g/mol. The molecule has 0 aromatic heterocycles. The van der Waals surface area contributed by atoms with Crippen LogP contribution in [0.5, 0.6) is 17.2 Å². The average molecular weight is 332 g/mol. The van der Waals surface area contributed by atoms with E-state index < -0.39 is 0 Å². The number of rotatable bonds is 9. The van der Waals surface area contributed by atoms with Crippen molar-refractivity contribution >= 4 is 0 Å². The van der Waals surface area contributed by atoms with Crippen LogP contribution in [0.15, 0.2) is 29.8 Å². The number of unbranched alkanes of at least 4 members (excludes halogenated alkanes) is 1. The van der Waals surface area contributed by atoms with E-state index in [4.69, 9.17) is 18.9 Å². The highest BCUT2D eigenvalue weighted by Crippen LogP contribution is 2.43. The Morgan fingerprint density at radius 2 is 2.17 bits per heavy atom. The first kappa shape index (κ1) is 17.2. The van der Waals surface area contributed by atoms with Gasteiger partial charge in [-0.15, -0.1) is 0 Å². The molecule has 1 aromatic carbocycles. The quantitative estimate of drug-likeness (QED) is 0.478.